The molecule has 1 heterocycles. The molecule has 0 bridgehead atoms. The summed E-state index contributed by atoms with van der Waals surface area (Å²) in [4.78, 5) is 8.47. The summed E-state index contributed by atoms with van der Waals surface area (Å²) in [6, 6.07) is 6.06. The Labute approximate surface area is 120 Å². The van der Waals surface area contributed by atoms with Gasteiger partial charge >= 0.3 is 0 Å². The van der Waals surface area contributed by atoms with Gasteiger partial charge in [0.2, 0.25) is 0 Å². The van der Waals surface area contributed by atoms with E-state index < -0.39 is 0 Å². The maximum atomic E-state index is 6.04. The minimum Gasteiger partial charge on any atom is -0.340 e. The second-order valence-electron chi connectivity index (χ2n) is 4.12. The van der Waals surface area contributed by atoms with Crippen molar-refractivity contribution < 1.29 is 0 Å². The van der Waals surface area contributed by atoms with Crippen molar-refractivity contribution in [1.29, 1.82) is 0 Å². The quantitative estimate of drug-likeness (QED) is 0.822. The Morgan fingerprint density at radius 1 is 1.17 bits per heavy atom. The molecule has 0 spiro atoms. The van der Waals surface area contributed by atoms with Gasteiger partial charge in [-0.15, -0.1) is 0 Å². The van der Waals surface area contributed by atoms with Crippen molar-refractivity contribution in [2.45, 2.75) is 20.8 Å². The lowest BCUT2D eigenvalue weighted by atomic mass is 10.2. The number of aryl methyl sites for hydroxylation is 2. The molecule has 0 saturated heterocycles. The summed E-state index contributed by atoms with van der Waals surface area (Å²) in [5.74, 6) is 1.39. The molecule has 0 saturated carbocycles. The van der Waals surface area contributed by atoms with Gasteiger partial charge in [-0.25, -0.2) is 9.97 Å². The highest BCUT2D eigenvalue weighted by atomic mass is 79.9. The van der Waals surface area contributed by atoms with E-state index in [1.54, 1.807) is 0 Å². The summed E-state index contributed by atoms with van der Waals surface area (Å²) in [7, 11) is 0. The molecular formula is C13H13BrClN3. The van der Waals surface area contributed by atoms with E-state index in [-0.39, 0.29) is 0 Å². The molecule has 0 amide bonds. The maximum Gasteiger partial charge on any atom is 0.138 e. The summed E-state index contributed by atoms with van der Waals surface area (Å²) in [6.45, 7) is 5.76. The lowest BCUT2D eigenvalue weighted by Gasteiger charge is -2.11. The van der Waals surface area contributed by atoms with Gasteiger partial charge in [-0.1, -0.05) is 33.6 Å². The van der Waals surface area contributed by atoms with Crippen molar-refractivity contribution in [2.24, 2.45) is 0 Å². The van der Waals surface area contributed by atoms with Crippen LogP contribution in [0.15, 0.2) is 22.7 Å². The van der Waals surface area contributed by atoms with Crippen LogP contribution in [0.25, 0.3) is 0 Å². The van der Waals surface area contributed by atoms with E-state index in [9.17, 15) is 0 Å². The molecule has 0 atom stereocenters. The van der Waals surface area contributed by atoms with Crippen LogP contribution in [0.5, 0.6) is 0 Å². The molecule has 1 N–H and O–H groups in total. The third-order valence-electron chi connectivity index (χ3n) is 2.63. The third-order valence-corrected chi connectivity index (χ3v) is 3.86. The van der Waals surface area contributed by atoms with Crippen molar-refractivity contribution in [3.8, 4) is 0 Å². The number of benzene rings is 1. The molecule has 0 aliphatic carbocycles. The Hall–Kier alpha value is -1.13. The number of aromatic nitrogens is 2. The molecule has 1 aromatic carbocycles. The third kappa shape index (κ3) is 2.82. The van der Waals surface area contributed by atoms with Crippen LogP contribution in [0, 0.1) is 20.8 Å². The second-order valence-corrected chi connectivity index (χ2v) is 5.34. The van der Waals surface area contributed by atoms with E-state index in [1.165, 1.54) is 5.56 Å². The molecule has 0 radical (unpaired) electrons. The number of hydrogen-bond acceptors (Lipinski definition) is 3. The number of halogens is 2. The summed E-state index contributed by atoms with van der Waals surface area (Å²) in [5.41, 5.74) is 3.00. The van der Waals surface area contributed by atoms with Crippen molar-refractivity contribution >= 4 is 39.0 Å². The molecule has 0 fully saturated rings. The Morgan fingerprint density at radius 2 is 1.89 bits per heavy atom. The predicted molar refractivity (Wildman–Crippen MR) is 78.7 cm³/mol. The highest BCUT2D eigenvalue weighted by molar-refractivity contribution is 9.10. The highest BCUT2D eigenvalue weighted by Gasteiger charge is 2.08. The van der Waals surface area contributed by atoms with E-state index in [1.807, 2.05) is 39.0 Å². The summed E-state index contributed by atoms with van der Waals surface area (Å²) in [6.07, 6.45) is 0. The zero-order valence-corrected chi connectivity index (χ0v) is 12.7. The monoisotopic (exact) mass is 325 g/mol. The first-order valence-electron chi connectivity index (χ1n) is 5.51. The normalized spacial score (nSPS) is 10.5. The molecule has 0 aliphatic rings. The van der Waals surface area contributed by atoms with Crippen LogP contribution in [0.2, 0.25) is 5.15 Å². The second kappa shape index (κ2) is 5.24. The highest BCUT2D eigenvalue weighted by Crippen LogP contribution is 2.26. The molecule has 3 nitrogen and oxygen atoms in total. The standard InChI is InChI=1S/C13H13BrClN3/c1-7-4-5-10(6-11(7)14)18-13-8(2)12(15)16-9(3)17-13/h4-6H,1-3H3,(H,16,17,18). The Balaban J connectivity index is 2.36. The summed E-state index contributed by atoms with van der Waals surface area (Å²) >= 11 is 9.55. The SMILES string of the molecule is Cc1nc(Cl)c(C)c(Nc2ccc(C)c(Br)c2)n1. The van der Waals surface area contributed by atoms with Crippen molar-refractivity contribution in [1.82, 2.24) is 9.97 Å². The number of nitrogens with one attached hydrogen (secondary N) is 1. The van der Waals surface area contributed by atoms with Crippen LogP contribution in [0.1, 0.15) is 17.0 Å². The van der Waals surface area contributed by atoms with Crippen molar-refractivity contribution in [2.75, 3.05) is 5.32 Å². The molecule has 18 heavy (non-hydrogen) atoms. The summed E-state index contributed by atoms with van der Waals surface area (Å²) in [5, 5.41) is 3.74. The Bertz CT molecular complexity index is 599. The molecule has 2 rings (SSSR count). The number of rotatable bonds is 2. The van der Waals surface area contributed by atoms with Crippen LogP contribution in [-0.2, 0) is 0 Å². The van der Waals surface area contributed by atoms with Crippen LogP contribution < -0.4 is 5.32 Å². The van der Waals surface area contributed by atoms with Gasteiger partial charge < -0.3 is 5.32 Å². The minimum atomic E-state index is 0.483. The predicted octanol–water partition coefficient (Wildman–Crippen LogP) is 4.56. The smallest absolute Gasteiger partial charge is 0.138 e. The van der Waals surface area contributed by atoms with E-state index >= 15 is 0 Å². The van der Waals surface area contributed by atoms with Gasteiger partial charge in [0.05, 0.1) is 0 Å². The fourth-order valence-electron chi connectivity index (χ4n) is 1.52. The Kier molecular flexibility index (Phi) is 3.88. The van der Waals surface area contributed by atoms with Crippen LogP contribution in [0.4, 0.5) is 11.5 Å². The molecule has 2 aromatic rings. The average Bonchev–Trinajstić information content (AvgIpc) is 2.30. The Morgan fingerprint density at radius 3 is 2.56 bits per heavy atom. The summed E-state index contributed by atoms with van der Waals surface area (Å²) < 4.78 is 1.06. The molecule has 0 aliphatic heterocycles. The topological polar surface area (TPSA) is 37.8 Å². The van der Waals surface area contributed by atoms with E-state index in [0.29, 0.717) is 11.0 Å². The first kappa shape index (κ1) is 13.3. The largest absolute Gasteiger partial charge is 0.340 e. The van der Waals surface area contributed by atoms with Gasteiger partial charge in [0.15, 0.2) is 0 Å². The molecule has 94 valence electrons. The molecule has 0 unspecified atom stereocenters. The van der Waals surface area contributed by atoms with Gasteiger partial charge in [0, 0.05) is 15.7 Å². The zero-order valence-electron chi connectivity index (χ0n) is 10.4. The van der Waals surface area contributed by atoms with Gasteiger partial charge in [-0.2, -0.15) is 0 Å². The van der Waals surface area contributed by atoms with Crippen molar-refractivity contribution in [3.63, 3.8) is 0 Å². The van der Waals surface area contributed by atoms with Gasteiger partial charge in [-0.05, 0) is 38.5 Å². The lowest BCUT2D eigenvalue weighted by Crippen LogP contribution is -2.01. The average molecular weight is 327 g/mol. The molecule has 5 heteroatoms. The molecular weight excluding hydrogens is 314 g/mol. The first-order chi connectivity index (χ1) is 8.47. The number of nitrogens with zero attached hydrogens (tertiary/aromatic N) is 2. The van der Waals surface area contributed by atoms with Gasteiger partial charge in [-0.3, -0.25) is 0 Å². The molecule has 1 aromatic heterocycles. The first-order valence-corrected chi connectivity index (χ1v) is 6.68. The fraction of sp³-hybridized carbons (Fsp3) is 0.231. The van der Waals surface area contributed by atoms with Gasteiger partial charge in [0.25, 0.3) is 0 Å². The number of anilines is 2. The fourth-order valence-corrected chi connectivity index (χ4v) is 2.11. The van der Waals surface area contributed by atoms with E-state index in [2.05, 4.69) is 31.2 Å². The minimum absolute atomic E-state index is 0.483. The number of hydrogen-bond donors (Lipinski definition) is 1. The van der Waals surface area contributed by atoms with E-state index in [4.69, 9.17) is 11.6 Å². The van der Waals surface area contributed by atoms with Crippen LogP contribution in [-0.4, -0.2) is 9.97 Å². The van der Waals surface area contributed by atoms with Crippen LogP contribution >= 0.6 is 27.5 Å². The van der Waals surface area contributed by atoms with Crippen LogP contribution in [0.3, 0.4) is 0 Å². The van der Waals surface area contributed by atoms with Gasteiger partial charge in [0.1, 0.15) is 16.8 Å². The van der Waals surface area contributed by atoms with Crippen molar-refractivity contribution in [3.05, 3.63) is 44.8 Å². The zero-order chi connectivity index (χ0) is 13.3. The lowest BCUT2D eigenvalue weighted by molar-refractivity contribution is 1.04. The van der Waals surface area contributed by atoms with E-state index in [0.717, 1.165) is 21.5 Å². The maximum absolute atomic E-state index is 6.04.